The summed E-state index contributed by atoms with van der Waals surface area (Å²) < 4.78 is 12.1. The van der Waals surface area contributed by atoms with Crippen molar-refractivity contribution in [1.29, 1.82) is 0 Å². The van der Waals surface area contributed by atoms with Gasteiger partial charge in [-0.15, -0.1) is 0 Å². The Kier molecular flexibility index (Phi) is 6.75. The van der Waals surface area contributed by atoms with Gasteiger partial charge in [0.15, 0.2) is 0 Å². The van der Waals surface area contributed by atoms with Crippen LogP contribution in [-0.2, 0) is 21.2 Å². The van der Waals surface area contributed by atoms with Crippen molar-refractivity contribution in [2.24, 2.45) is 5.92 Å². The quantitative estimate of drug-likeness (QED) is 0.568. The first-order valence-corrected chi connectivity index (χ1v) is 12.7. The number of carbonyl (C=O) groups is 1. The molecule has 0 spiro atoms. The van der Waals surface area contributed by atoms with Crippen molar-refractivity contribution < 1.29 is 14.0 Å². The third-order valence-corrected chi connectivity index (χ3v) is 8.44. The molecule has 2 aliphatic rings. The molecule has 1 amide bonds. The highest BCUT2D eigenvalue weighted by Crippen LogP contribution is 2.39. The van der Waals surface area contributed by atoms with Crippen molar-refractivity contribution in [2.45, 2.75) is 104 Å². The van der Waals surface area contributed by atoms with E-state index in [0.717, 1.165) is 17.9 Å². The van der Waals surface area contributed by atoms with Gasteiger partial charge in [0.1, 0.15) is 11.4 Å². The molecule has 178 valence electrons. The van der Waals surface area contributed by atoms with E-state index in [4.69, 9.17) is 14.1 Å². The summed E-state index contributed by atoms with van der Waals surface area (Å²) in [6, 6.07) is 4.72. The van der Waals surface area contributed by atoms with E-state index in [2.05, 4.69) is 65.5 Å². The molecule has 2 aliphatic heterocycles. The molecule has 3 rings (SSSR count). The second-order valence-corrected chi connectivity index (χ2v) is 13.5. The Morgan fingerprint density at radius 1 is 1.12 bits per heavy atom. The lowest BCUT2D eigenvalue weighted by atomic mass is 9.99. The Morgan fingerprint density at radius 2 is 1.78 bits per heavy atom. The number of aromatic nitrogens is 1. The third kappa shape index (κ3) is 5.30. The summed E-state index contributed by atoms with van der Waals surface area (Å²) in [7, 11) is 0.399. The fraction of sp³-hybridized carbons (Fsp3) is 0.760. The molecule has 1 aromatic heterocycles. The van der Waals surface area contributed by atoms with Crippen LogP contribution in [-0.4, -0.2) is 56.5 Å². The van der Waals surface area contributed by atoms with Gasteiger partial charge in [-0.2, -0.15) is 0 Å². The fourth-order valence-electron chi connectivity index (χ4n) is 4.08. The number of pyridine rings is 1. The van der Waals surface area contributed by atoms with E-state index in [-0.39, 0.29) is 23.2 Å². The number of fused-ring (bicyclic) bond motifs is 3. The van der Waals surface area contributed by atoms with E-state index in [1.165, 1.54) is 5.56 Å². The van der Waals surface area contributed by atoms with Gasteiger partial charge in [-0.3, -0.25) is 0 Å². The number of hydrogen-bond acceptors (Lipinski definition) is 5. The molecular formula is C25H41N3O3Si. The number of piperazine rings is 1. The van der Waals surface area contributed by atoms with E-state index < -0.39 is 11.2 Å². The lowest BCUT2D eigenvalue weighted by Crippen LogP contribution is -2.58. The van der Waals surface area contributed by atoms with Gasteiger partial charge in [0, 0.05) is 19.1 Å². The van der Waals surface area contributed by atoms with Crippen molar-refractivity contribution >= 4 is 21.7 Å². The van der Waals surface area contributed by atoms with Gasteiger partial charge < -0.3 is 19.0 Å². The molecule has 0 N–H and O–H groups in total. The second kappa shape index (κ2) is 8.63. The van der Waals surface area contributed by atoms with E-state index in [1.807, 2.05) is 25.7 Å². The summed E-state index contributed by atoms with van der Waals surface area (Å²) in [5.74, 6) is 1.60. The SMILES string of the molecule is CC(C)C(C)(C)[Si]OC(C)(C)c1ccc2c(n1)N1[C@H](C2)CN(C(=O)OC(C)(C)C)C[C@H]1C. The predicted molar refractivity (Wildman–Crippen MR) is 130 cm³/mol. The average Bonchev–Trinajstić information content (AvgIpc) is 3.03. The Hall–Kier alpha value is -1.60. The van der Waals surface area contributed by atoms with Crippen LogP contribution in [0.3, 0.4) is 0 Å². The highest BCUT2D eigenvalue weighted by Gasteiger charge is 2.42. The molecule has 32 heavy (non-hydrogen) atoms. The van der Waals surface area contributed by atoms with Crippen LogP contribution in [0.25, 0.3) is 0 Å². The molecule has 2 radical (unpaired) electrons. The summed E-state index contributed by atoms with van der Waals surface area (Å²) in [5.41, 5.74) is 1.27. The van der Waals surface area contributed by atoms with Crippen LogP contribution in [0.4, 0.5) is 10.6 Å². The Morgan fingerprint density at radius 3 is 2.38 bits per heavy atom. The van der Waals surface area contributed by atoms with Crippen LogP contribution in [0.2, 0.25) is 5.04 Å². The molecule has 7 heteroatoms. The smallest absolute Gasteiger partial charge is 0.410 e. The van der Waals surface area contributed by atoms with Crippen molar-refractivity contribution in [3.8, 4) is 0 Å². The van der Waals surface area contributed by atoms with Crippen LogP contribution in [0.15, 0.2) is 12.1 Å². The first kappa shape index (κ1) is 25.0. The van der Waals surface area contributed by atoms with Crippen molar-refractivity contribution in [3.05, 3.63) is 23.4 Å². The number of rotatable bonds is 5. The van der Waals surface area contributed by atoms with Gasteiger partial charge >= 0.3 is 6.09 Å². The van der Waals surface area contributed by atoms with E-state index >= 15 is 0 Å². The monoisotopic (exact) mass is 459 g/mol. The first-order valence-electron chi connectivity index (χ1n) is 11.8. The molecule has 0 aliphatic carbocycles. The van der Waals surface area contributed by atoms with E-state index in [0.29, 0.717) is 28.8 Å². The minimum atomic E-state index is -0.483. The molecule has 0 aromatic carbocycles. The van der Waals surface area contributed by atoms with Gasteiger partial charge in [-0.25, -0.2) is 9.78 Å². The van der Waals surface area contributed by atoms with Crippen molar-refractivity contribution in [3.63, 3.8) is 0 Å². The molecule has 1 fully saturated rings. The number of ether oxygens (including phenoxy) is 1. The summed E-state index contributed by atoms with van der Waals surface area (Å²) in [6.45, 7) is 22.4. The van der Waals surface area contributed by atoms with Crippen molar-refractivity contribution in [1.82, 2.24) is 9.88 Å². The molecule has 0 unspecified atom stereocenters. The highest BCUT2D eigenvalue weighted by molar-refractivity contribution is 6.32. The van der Waals surface area contributed by atoms with Crippen LogP contribution in [0.5, 0.6) is 0 Å². The normalized spacial score (nSPS) is 21.6. The second-order valence-electron chi connectivity index (χ2n) is 11.8. The lowest BCUT2D eigenvalue weighted by molar-refractivity contribution is 0.0191. The highest BCUT2D eigenvalue weighted by atomic mass is 28.2. The Bertz CT molecular complexity index is 847. The molecular weight excluding hydrogens is 418 g/mol. The summed E-state index contributed by atoms with van der Waals surface area (Å²) in [5, 5.41) is 0.131. The zero-order chi connectivity index (χ0) is 24.1. The number of carbonyl (C=O) groups excluding carboxylic acids is 1. The number of nitrogens with zero attached hydrogens (tertiary/aromatic N) is 3. The molecule has 3 heterocycles. The third-order valence-electron chi connectivity index (χ3n) is 6.72. The predicted octanol–water partition coefficient (Wildman–Crippen LogP) is 5.18. The van der Waals surface area contributed by atoms with Gasteiger partial charge in [0.25, 0.3) is 0 Å². The minimum Gasteiger partial charge on any atom is -0.444 e. The molecule has 0 bridgehead atoms. The van der Waals surface area contributed by atoms with Gasteiger partial charge in [-0.1, -0.05) is 33.8 Å². The Labute approximate surface area is 197 Å². The number of anilines is 1. The summed E-state index contributed by atoms with van der Waals surface area (Å²) in [6.07, 6.45) is 0.673. The molecule has 2 atom stereocenters. The van der Waals surface area contributed by atoms with Gasteiger partial charge in [0.2, 0.25) is 9.76 Å². The van der Waals surface area contributed by atoms with Crippen LogP contribution < -0.4 is 4.90 Å². The van der Waals surface area contributed by atoms with Crippen LogP contribution in [0.1, 0.15) is 80.5 Å². The topological polar surface area (TPSA) is 54.9 Å². The minimum absolute atomic E-state index is 0.131. The molecule has 6 nitrogen and oxygen atoms in total. The Balaban J connectivity index is 1.76. The average molecular weight is 460 g/mol. The summed E-state index contributed by atoms with van der Waals surface area (Å²) in [4.78, 5) is 22.0. The van der Waals surface area contributed by atoms with Crippen molar-refractivity contribution in [2.75, 3.05) is 18.0 Å². The zero-order valence-corrected chi connectivity index (χ0v) is 22.6. The van der Waals surface area contributed by atoms with Crippen LogP contribution in [0, 0.1) is 5.92 Å². The van der Waals surface area contributed by atoms with E-state index in [1.54, 1.807) is 0 Å². The zero-order valence-electron chi connectivity index (χ0n) is 21.6. The standard InChI is InChI=1S/C25H41N3O3Si/c1-16(2)25(9,10)32-31-24(7,8)20-12-11-18-13-19-15-27(22(29)30-23(4,5)6)14-17(3)28(19)21(18)26-20/h11-12,16-17,19H,13-15H2,1-10H3/t17-,19-/m1/s1. The van der Waals surface area contributed by atoms with Gasteiger partial charge in [-0.05, 0) is 70.5 Å². The maximum Gasteiger partial charge on any atom is 0.410 e. The largest absolute Gasteiger partial charge is 0.444 e. The lowest BCUT2D eigenvalue weighted by Gasteiger charge is -2.43. The maximum absolute atomic E-state index is 12.7. The summed E-state index contributed by atoms with van der Waals surface area (Å²) >= 11 is 0. The molecule has 0 saturated carbocycles. The number of hydrogen-bond donors (Lipinski definition) is 0. The number of amides is 1. The van der Waals surface area contributed by atoms with E-state index in [9.17, 15) is 4.79 Å². The molecule has 1 saturated heterocycles. The fourth-order valence-corrected chi connectivity index (χ4v) is 4.94. The van der Waals surface area contributed by atoms with Gasteiger partial charge in [0.05, 0.1) is 17.3 Å². The maximum atomic E-state index is 12.7. The first-order chi connectivity index (χ1) is 14.6. The van der Waals surface area contributed by atoms with Crippen LogP contribution >= 0.6 is 0 Å². The molecule has 1 aromatic rings.